The van der Waals surface area contributed by atoms with Crippen molar-refractivity contribution in [3.8, 4) is 28.3 Å². The van der Waals surface area contributed by atoms with Crippen LogP contribution < -0.4 is 5.56 Å². The normalized spacial score (nSPS) is 10.3. The van der Waals surface area contributed by atoms with Crippen molar-refractivity contribution in [1.29, 1.82) is 5.26 Å². The van der Waals surface area contributed by atoms with Gasteiger partial charge in [0.1, 0.15) is 11.6 Å². The van der Waals surface area contributed by atoms with Crippen LogP contribution in [0.5, 0.6) is 0 Å². The summed E-state index contributed by atoms with van der Waals surface area (Å²) in [6.07, 6.45) is 0. The molecule has 0 saturated carbocycles. The van der Waals surface area contributed by atoms with Gasteiger partial charge in [0.2, 0.25) is 0 Å². The molecule has 1 heterocycles. The van der Waals surface area contributed by atoms with E-state index in [4.69, 9.17) is 11.6 Å². The van der Waals surface area contributed by atoms with Crippen LogP contribution >= 0.6 is 11.6 Å². The number of hydrogen-bond donors (Lipinski definition) is 1. The Kier molecular flexibility index (Phi) is 4.01. The van der Waals surface area contributed by atoms with Crippen LogP contribution in [0.15, 0.2) is 59.4 Å². The highest BCUT2D eigenvalue weighted by molar-refractivity contribution is 6.30. The average Bonchev–Trinajstić information content (AvgIpc) is 2.55. The van der Waals surface area contributed by atoms with Gasteiger partial charge in [0.25, 0.3) is 5.56 Å². The molecule has 112 valence electrons. The maximum Gasteiger partial charge on any atom is 0.266 e. The van der Waals surface area contributed by atoms with E-state index in [9.17, 15) is 10.1 Å². The number of pyridine rings is 1. The van der Waals surface area contributed by atoms with Crippen LogP contribution in [-0.2, 0) is 0 Å². The van der Waals surface area contributed by atoms with E-state index in [1.165, 1.54) is 0 Å². The monoisotopic (exact) mass is 320 g/mol. The Morgan fingerprint density at radius 2 is 1.65 bits per heavy atom. The number of aromatic amines is 1. The zero-order chi connectivity index (χ0) is 16.4. The maximum atomic E-state index is 12.1. The van der Waals surface area contributed by atoms with Gasteiger partial charge >= 0.3 is 0 Å². The topological polar surface area (TPSA) is 56.6 Å². The van der Waals surface area contributed by atoms with E-state index in [0.717, 1.165) is 22.4 Å². The third-order valence-electron chi connectivity index (χ3n) is 3.65. The minimum absolute atomic E-state index is 0.122. The van der Waals surface area contributed by atoms with Gasteiger partial charge in [-0.15, -0.1) is 0 Å². The van der Waals surface area contributed by atoms with Gasteiger partial charge in [-0.2, -0.15) is 5.26 Å². The van der Waals surface area contributed by atoms with Crippen LogP contribution in [0, 0.1) is 18.3 Å². The largest absolute Gasteiger partial charge is 0.325 e. The minimum Gasteiger partial charge on any atom is -0.325 e. The lowest BCUT2D eigenvalue weighted by Crippen LogP contribution is -2.12. The summed E-state index contributed by atoms with van der Waals surface area (Å²) in [5.74, 6) is 0. The quantitative estimate of drug-likeness (QED) is 0.753. The Morgan fingerprint density at radius 3 is 2.30 bits per heavy atom. The van der Waals surface area contributed by atoms with Crippen LogP contribution in [0.4, 0.5) is 0 Å². The van der Waals surface area contributed by atoms with Gasteiger partial charge < -0.3 is 4.98 Å². The van der Waals surface area contributed by atoms with Crippen molar-refractivity contribution in [3.63, 3.8) is 0 Å². The number of nitrogens with one attached hydrogen (secondary N) is 1. The number of rotatable bonds is 2. The average molecular weight is 321 g/mol. The second-order valence-corrected chi connectivity index (χ2v) is 5.67. The lowest BCUT2D eigenvalue weighted by Gasteiger charge is -2.12. The molecule has 0 amide bonds. The molecule has 1 aromatic heterocycles. The van der Waals surface area contributed by atoms with Crippen LogP contribution in [0.3, 0.4) is 0 Å². The third-order valence-corrected chi connectivity index (χ3v) is 3.90. The first-order chi connectivity index (χ1) is 11.1. The number of nitriles is 1. The first-order valence-corrected chi connectivity index (χ1v) is 7.47. The highest BCUT2D eigenvalue weighted by atomic mass is 35.5. The number of aromatic nitrogens is 1. The molecule has 0 aliphatic rings. The predicted octanol–water partition coefficient (Wildman–Crippen LogP) is 4.54. The van der Waals surface area contributed by atoms with Gasteiger partial charge in [-0.1, -0.05) is 48.0 Å². The maximum absolute atomic E-state index is 12.1. The van der Waals surface area contributed by atoms with E-state index in [1.807, 2.05) is 60.7 Å². The van der Waals surface area contributed by atoms with Crippen molar-refractivity contribution in [2.75, 3.05) is 0 Å². The van der Waals surface area contributed by atoms with E-state index in [-0.39, 0.29) is 11.1 Å². The Balaban J connectivity index is 2.29. The Morgan fingerprint density at radius 1 is 1.00 bits per heavy atom. The van der Waals surface area contributed by atoms with Gasteiger partial charge in [0, 0.05) is 16.3 Å². The highest BCUT2D eigenvalue weighted by Gasteiger charge is 2.14. The molecule has 3 rings (SSSR count). The van der Waals surface area contributed by atoms with Crippen LogP contribution in [-0.4, -0.2) is 4.98 Å². The fraction of sp³-hybridized carbons (Fsp3) is 0.0526. The van der Waals surface area contributed by atoms with E-state index >= 15 is 0 Å². The molecule has 3 aromatic rings. The number of aryl methyl sites for hydroxylation is 1. The Hall–Kier alpha value is -2.83. The standard InChI is InChI=1S/C19H13ClN2O/c1-12-10-17(18(11-21)19(23)22-12)16-5-3-2-4-15(16)13-6-8-14(20)9-7-13/h2-10H,1H3,(H,22,23). The fourth-order valence-corrected chi connectivity index (χ4v) is 2.74. The Labute approximate surface area is 138 Å². The third kappa shape index (κ3) is 2.90. The molecule has 0 radical (unpaired) electrons. The molecule has 2 aromatic carbocycles. The molecule has 0 unspecified atom stereocenters. The van der Waals surface area contributed by atoms with E-state index < -0.39 is 0 Å². The molecule has 0 saturated heterocycles. The number of hydrogen-bond acceptors (Lipinski definition) is 2. The smallest absolute Gasteiger partial charge is 0.266 e. The number of H-pyrrole nitrogens is 1. The van der Waals surface area contributed by atoms with Crippen molar-refractivity contribution < 1.29 is 0 Å². The van der Waals surface area contributed by atoms with Crippen LogP contribution in [0.25, 0.3) is 22.3 Å². The lowest BCUT2D eigenvalue weighted by atomic mass is 9.92. The molecular weight excluding hydrogens is 308 g/mol. The van der Waals surface area contributed by atoms with Gasteiger partial charge in [-0.3, -0.25) is 4.79 Å². The minimum atomic E-state index is -0.367. The van der Waals surface area contributed by atoms with E-state index in [1.54, 1.807) is 6.92 Å². The SMILES string of the molecule is Cc1cc(-c2ccccc2-c2ccc(Cl)cc2)c(C#N)c(=O)[nH]1. The van der Waals surface area contributed by atoms with Crippen LogP contribution in [0.2, 0.25) is 5.02 Å². The number of halogens is 1. The molecule has 0 aliphatic carbocycles. The molecule has 3 nitrogen and oxygen atoms in total. The fourth-order valence-electron chi connectivity index (χ4n) is 2.61. The molecule has 0 spiro atoms. The number of benzene rings is 2. The predicted molar refractivity (Wildman–Crippen MR) is 92.4 cm³/mol. The zero-order valence-electron chi connectivity index (χ0n) is 12.4. The van der Waals surface area contributed by atoms with Crippen molar-refractivity contribution in [2.45, 2.75) is 6.92 Å². The summed E-state index contributed by atoms with van der Waals surface area (Å²) in [6.45, 7) is 1.80. The zero-order valence-corrected chi connectivity index (χ0v) is 13.2. The van der Waals surface area contributed by atoms with E-state index in [2.05, 4.69) is 4.98 Å². The van der Waals surface area contributed by atoms with Crippen molar-refractivity contribution in [2.24, 2.45) is 0 Å². The van der Waals surface area contributed by atoms with E-state index in [0.29, 0.717) is 10.6 Å². The first-order valence-electron chi connectivity index (χ1n) is 7.09. The second kappa shape index (κ2) is 6.12. The van der Waals surface area contributed by atoms with Crippen molar-refractivity contribution >= 4 is 11.6 Å². The first kappa shape index (κ1) is 15.1. The summed E-state index contributed by atoms with van der Waals surface area (Å²) >= 11 is 5.96. The van der Waals surface area contributed by atoms with Gasteiger partial charge in [-0.25, -0.2) is 0 Å². The van der Waals surface area contributed by atoms with Crippen molar-refractivity contribution in [1.82, 2.24) is 4.98 Å². The molecule has 0 bridgehead atoms. The molecule has 0 fully saturated rings. The summed E-state index contributed by atoms with van der Waals surface area (Å²) in [5, 5.41) is 10.0. The molecule has 4 heteroatoms. The molecule has 0 aliphatic heterocycles. The Bertz CT molecular complexity index is 966. The molecule has 0 atom stereocenters. The van der Waals surface area contributed by atoms with Crippen molar-refractivity contribution in [3.05, 3.63) is 81.2 Å². The van der Waals surface area contributed by atoms with Gasteiger partial charge in [0.15, 0.2) is 0 Å². The van der Waals surface area contributed by atoms with Crippen LogP contribution in [0.1, 0.15) is 11.3 Å². The molecule has 1 N–H and O–H groups in total. The summed E-state index contributed by atoms with van der Waals surface area (Å²) in [7, 11) is 0. The second-order valence-electron chi connectivity index (χ2n) is 5.23. The summed E-state index contributed by atoms with van der Waals surface area (Å²) in [5.41, 5.74) is 3.89. The van der Waals surface area contributed by atoms with Gasteiger partial charge in [0.05, 0.1) is 0 Å². The summed E-state index contributed by atoms with van der Waals surface area (Å²) in [4.78, 5) is 14.7. The lowest BCUT2D eigenvalue weighted by molar-refractivity contribution is 1.13. The highest BCUT2D eigenvalue weighted by Crippen LogP contribution is 2.33. The molecular formula is C19H13ClN2O. The number of nitrogens with zero attached hydrogens (tertiary/aromatic N) is 1. The van der Waals surface area contributed by atoms with Gasteiger partial charge in [-0.05, 0) is 41.8 Å². The summed E-state index contributed by atoms with van der Waals surface area (Å²) < 4.78 is 0. The summed E-state index contributed by atoms with van der Waals surface area (Å²) in [6, 6.07) is 19.0. The molecule has 23 heavy (non-hydrogen) atoms.